The standard InChI is InChI=1S/C26H27FN2O3S/c1-30-24-14-19-12-13-29(26(33)28-16-18-6-4-3-5-7-18)23(22(19)15-25(24)31-2)17-32-21-10-8-20(27)9-11-21/h3-11,14-15,23H,12-13,16-17H2,1-2H3,(H,28,33)/t23-/m0/s1. The van der Waals surface area contributed by atoms with E-state index in [2.05, 4.69) is 22.3 Å². The number of fused-ring (bicyclic) bond motifs is 1. The first kappa shape index (κ1) is 22.9. The summed E-state index contributed by atoms with van der Waals surface area (Å²) < 4.78 is 30.4. The van der Waals surface area contributed by atoms with Gasteiger partial charge in [-0.2, -0.15) is 0 Å². The average Bonchev–Trinajstić information content (AvgIpc) is 2.86. The van der Waals surface area contributed by atoms with Crippen molar-refractivity contribution in [2.75, 3.05) is 27.4 Å². The van der Waals surface area contributed by atoms with Gasteiger partial charge >= 0.3 is 0 Å². The number of hydrogen-bond donors (Lipinski definition) is 1. The molecule has 3 aromatic rings. The Kier molecular flexibility index (Phi) is 7.29. The molecule has 0 amide bonds. The lowest BCUT2D eigenvalue weighted by atomic mass is 9.92. The number of nitrogens with zero attached hydrogens (tertiary/aromatic N) is 1. The van der Waals surface area contributed by atoms with Crippen LogP contribution in [0, 0.1) is 5.82 Å². The van der Waals surface area contributed by atoms with E-state index in [1.807, 2.05) is 30.3 Å². The van der Waals surface area contributed by atoms with Crippen LogP contribution in [0.3, 0.4) is 0 Å². The highest BCUT2D eigenvalue weighted by molar-refractivity contribution is 7.80. The maximum Gasteiger partial charge on any atom is 0.169 e. The van der Waals surface area contributed by atoms with Gasteiger partial charge in [0, 0.05) is 13.1 Å². The molecule has 0 radical (unpaired) electrons. The third-order valence-corrected chi connectivity index (χ3v) is 6.15. The van der Waals surface area contributed by atoms with E-state index in [0.717, 1.165) is 24.1 Å². The summed E-state index contributed by atoms with van der Waals surface area (Å²) in [4.78, 5) is 2.15. The molecule has 7 heteroatoms. The van der Waals surface area contributed by atoms with Crippen molar-refractivity contribution in [3.63, 3.8) is 0 Å². The van der Waals surface area contributed by atoms with Crippen LogP contribution in [0.15, 0.2) is 66.7 Å². The summed E-state index contributed by atoms with van der Waals surface area (Å²) in [6, 6.07) is 20.1. The Bertz CT molecular complexity index is 1090. The SMILES string of the molecule is COc1cc2c(cc1OC)[C@H](COc1ccc(F)cc1)N(C(=S)NCc1ccccc1)CC2. The van der Waals surface area contributed by atoms with E-state index < -0.39 is 0 Å². The van der Waals surface area contributed by atoms with E-state index in [-0.39, 0.29) is 11.9 Å². The average molecular weight is 467 g/mol. The molecule has 0 bridgehead atoms. The second kappa shape index (κ2) is 10.5. The summed E-state index contributed by atoms with van der Waals surface area (Å²) in [6.45, 7) is 1.72. The Morgan fingerprint density at radius 3 is 2.42 bits per heavy atom. The normalized spacial score (nSPS) is 14.9. The van der Waals surface area contributed by atoms with Crippen LogP contribution in [0.25, 0.3) is 0 Å². The lowest BCUT2D eigenvalue weighted by Gasteiger charge is -2.39. The smallest absolute Gasteiger partial charge is 0.169 e. The third-order valence-electron chi connectivity index (χ3n) is 5.77. The molecule has 33 heavy (non-hydrogen) atoms. The molecule has 0 spiro atoms. The predicted octanol–water partition coefficient (Wildman–Crippen LogP) is 4.90. The van der Waals surface area contributed by atoms with E-state index in [1.54, 1.807) is 26.4 Å². The second-order valence-electron chi connectivity index (χ2n) is 7.77. The van der Waals surface area contributed by atoms with E-state index in [1.165, 1.54) is 17.7 Å². The molecular weight excluding hydrogens is 439 g/mol. The molecule has 4 rings (SSSR count). The van der Waals surface area contributed by atoms with Gasteiger partial charge in [0.1, 0.15) is 18.2 Å². The van der Waals surface area contributed by atoms with Crippen LogP contribution in [-0.2, 0) is 13.0 Å². The van der Waals surface area contributed by atoms with Crippen molar-refractivity contribution in [2.24, 2.45) is 0 Å². The molecule has 0 unspecified atom stereocenters. The molecular formula is C26H27FN2O3S. The molecule has 1 aliphatic heterocycles. The molecule has 1 heterocycles. The molecule has 0 saturated carbocycles. The molecule has 3 aromatic carbocycles. The maximum atomic E-state index is 13.3. The van der Waals surface area contributed by atoms with Crippen LogP contribution >= 0.6 is 12.2 Å². The number of ether oxygens (including phenoxy) is 3. The van der Waals surface area contributed by atoms with Gasteiger partial charge in [0.25, 0.3) is 0 Å². The Morgan fingerprint density at radius 1 is 1.03 bits per heavy atom. The zero-order chi connectivity index (χ0) is 23.2. The molecule has 1 N–H and O–H groups in total. The van der Waals surface area contributed by atoms with Crippen LogP contribution in [-0.4, -0.2) is 37.4 Å². The molecule has 172 valence electrons. The van der Waals surface area contributed by atoms with E-state index in [4.69, 9.17) is 26.4 Å². The predicted molar refractivity (Wildman–Crippen MR) is 130 cm³/mol. The van der Waals surface area contributed by atoms with Crippen molar-refractivity contribution < 1.29 is 18.6 Å². The van der Waals surface area contributed by atoms with Gasteiger partial charge in [0.15, 0.2) is 16.6 Å². The summed E-state index contributed by atoms with van der Waals surface area (Å²) in [7, 11) is 3.26. The molecule has 0 aliphatic carbocycles. The zero-order valence-corrected chi connectivity index (χ0v) is 19.5. The van der Waals surface area contributed by atoms with Gasteiger partial charge in [-0.05, 0) is 71.7 Å². The highest BCUT2D eigenvalue weighted by Gasteiger charge is 2.31. The number of halogens is 1. The quantitative estimate of drug-likeness (QED) is 0.500. The lowest BCUT2D eigenvalue weighted by molar-refractivity contribution is 0.187. The molecule has 0 fully saturated rings. The van der Waals surface area contributed by atoms with E-state index in [9.17, 15) is 4.39 Å². The number of rotatable bonds is 7. The fourth-order valence-corrected chi connectivity index (χ4v) is 4.32. The Balaban J connectivity index is 1.59. The second-order valence-corrected chi connectivity index (χ2v) is 8.16. The van der Waals surface area contributed by atoms with Gasteiger partial charge in [-0.15, -0.1) is 0 Å². The highest BCUT2D eigenvalue weighted by atomic mass is 32.1. The van der Waals surface area contributed by atoms with Crippen molar-refractivity contribution in [3.05, 3.63) is 89.2 Å². The van der Waals surface area contributed by atoms with E-state index in [0.29, 0.717) is 35.5 Å². The summed E-state index contributed by atoms with van der Waals surface area (Å²) in [5.41, 5.74) is 3.40. The summed E-state index contributed by atoms with van der Waals surface area (Å²) in [5, 5.41) is 4.04. The minimum Gasteiger partial charge on any atom is -0.493 e. The summed E-state index contributed by atoms with van der Waals surface area (Å²) in [6.07, 6.45) is 0.815. The van der Waals surface area contributed by atoms with Crippen molar-refractivity contribution in [3.8, 4) is 17.2 Å². The molecule has 5 nitrogen and oxygen atoms in total. The number of thiocarbonyl (C=S) groups is 1. The Morgan fingerprint density at radius 2 is 1.73 bits per heavy atom. The first-order valence-electron chi connectivity index (χ1n) is 10.8. The number of nitrogens with one attached hydrogen (secondary N) is 1. The number of hydrogen-bond acceptors (Lipinski definition) is 4. The lowest BCUT2D eigenvalue weighted by Crippen LogP contribution is -2.47. The molecule has 0 aromatic heterocycles. The monoisotopic (exact) mass is 466 g/mol. The molecule has 1 aliphatic rings. The van der Waals surface area contributed by atoms with Crippen molar-refractivity contribution in [1.29, 1.82) is 0 Å². The minimum absolute atomic E-state index is 0.144. The minimum atomic E-state index is -0.296. The van der Waals surface area contributed by atoms with Gasteiger partial charge in [-0.1, -0.05) is 30.3 Å². The topological polar surface area (TPSA) is 43.0 Å². The third kappa shape index (κ3) is 5.37. The maximum absolute atomic E-state index is 13.3. The van der Waals surface area contributed by atoms with Crippen molar-refractivity contribution >= 4 is 17.3 Å². The highest BCUT2D eigenvalue weighted by Crippen LogP contribution is 2.38. The first-order chi connectivity index (χ1) is 16.1. The number of methoxy groups -OCH3 is 2. The number of benzene rings is 3. The zero-order valence-electron chi connectivity index (χ0n) is 18.7. The van der Waals surface area contributed by atoms with Crippen LogP contribution in [0.5, 0.6) is 17.2 Å². The molecule has 1 atom stereocenters. The summed E-state index contributed by atoms with van der Waals surface area (Å²) >= 11 is 5.79. The van der Waals surface area contributed by atoms with Gasteiger partial charge in [-0.25, -0.2) is 4.39 Å². The van der Waals surface area contributed by atoms with Crippen LogP contribution in [0.4, 0.5) is 4.39 Å². The Hall–Kier alpha value is -3.32. The largest absolute Gasteiger partial charge is 0.493 e. The fraction of sp³-hybridized carbons (Fsp3) is 0.269. The van der Waals surface area contributed by atoms with Crippen molar-refractivity contribution in [1.82, 2.24) is 10.2 Å². The van der Waals surface area contributed by atoms with Gasteiger partial charge in [0.05, 0.1) is 20.3 Å². The van der Waals surface area contributed by atoms with Crippen LogP contribution in [0.2, 0.25) is 0 Å². The van der Waals surface area contributed by atoms with E-state index >= 15 is 0 Å². The Labute approximate surface area is 199 Å². The first-order valence-corrected chi connectivity index (χ1v) is 11.2. The fourth-order valence-electron chi connectivity index (χ4n) is 4.03. The van der Waals surface area contributed by atoms with Crippen LogP contribution < -0.4 is 19.5 Å². The molecule has 0 saturated heterocycles. The van der Waals surface area contributed by atoms with Gasteiger partial charge in [-0.3, -0.25) is 0 Å². The summed E-state index contributed by atoms with van der Waals surface area (Å²) in [5.74, 6) is 1.67. The van der Waals surface area contributed by atoms with Crippen molar-refractivity contribution in [2.45, 2.75) is 19.0 Å². The van der Waals surface area contributed by atoms with Crippen LogP contribution in [0.1, 0.15) is 22.7 Å². The van der Waals surface area contributed by atoms with Gasteiger partial charge in [0.2, 0.25) is 0 Å². The van der Waals surface area contributed by atoms with Gasteiger partial charge < -0.3 is 24.4 Å².